The molecule has 0 N–H and O–H groups in total. The van der Waals surface area contributed by atoms with Gasteiger partial charge in [0.15, 0.2) is 5.75 Å². The van der Waals surface area contributed by atoms with Gasteiger partial charge in [0, 0.05) is 17.0 Å². The molecule has 6 nitrogen and oxygen atoms in total. The number of thiazole rings is 1. The molecular formula is C18H16N2O4S. The predicted molar refractivity (Wildman–Crippen MR) is 96.3 cm³/mol. The second-order valence-corrected chi connectivity index (χ2v) is 6.25. The molecule has 0 spiro atoms. The van der Waals surface area contributed by atoms with Gasteiger partial charge in [0.25, 0.3) is 0 Å². The van der Waals surface area contributed by atoms with Crippen LogP contribution in [0.4, 0.5) is 5.69 Å². The van der Waals surface area contributed by atoms with Crippen LogP contribution in [0, 0.1) is 17.0 Å². The lowest BCUT2D eigenvalue weighted by Crippen LogP contribution is -1.99. The average molecular weight is 356 g/mol. The maximum Gasteiger partial charge on any atom is 0.311 e. The van der Waals surface area contributed by atoms with Gasteiger partial charge in [-0.3, -0.25) is 10.1 Å². The summed E-state index contributed by atoms with van der Waals surface area (Å²) in [5.74, 6) is 1.01. The highest BCUT2D eigenvalue weighted by molar-refractivity contribution is 7.13. The Hall–Kier alpha value is -2.93. The Morgan fingerprint density at radius 2 is 2.08 bits per heavy atom. The molecule has 1 aromatic heterocycles. The highest BCUT2D eigenvalue weighted by Crippen LogP contribution is 2.30. The fraction of sp³-hybridized carbons (Fsp3) is 0.167. The molecule has 25 heavy (non-hydrogen) atoms. The Labute approximate surface area is 148 Å². The van der Waals surface area contributed by atoms with Crippen LogP contribution in [0.3, 0.4) is 0 Å². The van der Waals surface area contributed by atoms with Gasteiger partial charge in [0.2, 0.25) is 0 Å². The fourth-order valence-corrected chi connectivity index (χ4v) is 3.11. The van der Waals surface area contributed by atoms with Crippen LogP contribution in [-0.2, 0) is 6.61 Å². The third-order valence-electron chi connectivity index (χ3n) is 3.56. The molecule has 0 aliphatic heterocycles. The minimum absolute atomic E-state index is 0.0387. The van der Waals surface area contributed by atoms with E-state index in [9.17, 15) is 10.1 Å². The van der Waals surface area contributed by atoms with Crippen LogP contribution < -0.4 is 9.47 Å². The number of benzene rings is 2. The summed E-state index contributed by atoms with van der Waals surface area (Å²) in [6.07, 6.45) is 0. The molecule has 0 atom stereocenters. The lowest BCUT2D eigenvalue weighted by atomic mass is 10.2. The Balaban J connectivity index is 1.75. The summed E-state index contributed by atoms with van der Waals surface area (Å²) in [5, 5.41) is 13.9. The van der Waals surface area contributed by atoms with Crippen molar-refractivity contribution in [1.82, 2.24) is 4.98 Å². The predicted octanol–water partition coefficient (Wildman–Crippen LogP) is 4.61. The van der Waals surface area contributed by atoms with Gasteiger partial charge >= 0.3 is 5.69 Å². The number of hydrogen-bond donors (Lipinski definition) is 0. The van der Waals surface area contributed by atoms with E-state index in [2.05, 4.69) is 4.98 Å². The third-order valence-corrected chi connectivity index (χ3v) is 4.50. The molecule has 0 aliphatic rings. The lowest BCUT2D eigenvalue weighted by molar-refractivity contribution is -0.386. The number of methoxy groups -OCH3 is 1. The van der Waals surface area contributed by atoms with Crippen molar-refractivity contribution in [3.05, 3.63) is 69.2 Å². The van der Waals surface area contributed by atoms with E-state index in [1.54, 1.807) is 26.2 Å². The molecule has 2 aromatic carbocycles. The number of aromatic nitrogens is 1. The number of nitrogens with zero attached hydrogens (tertiary/aromatic N) is 2. The summed E-state index contributed by atoms with van der Waals surface area (Å²) in [6.45, 7) is 1.97. The summed E-state index contributed by atoms with van der Waals surface area (Å²) < 4.78 is 10.8. The van der Waals surface area contributed by atoms with Gasteiger partial charge in [0.05, 0.1) is 17.7 Å². The lowest BCUT2D eigenvalue weighted by Gasteiger charge is -2.05. The molecule has 0 saturated heterocycles. The number of aryl methyl sites for hydroxylation is 1. The first kappa shape index (κ1) is 16.9. The van der Waals surface area contributed by atoms with Crippen molar-refractivity contribution >= 4 is 17.0 Å². The Kier molecular flexibility index (Phi) is 4.95. The van der Waals surface area contributed by atoms with Crippen LogP contribution in [-0.4, -0.2) is 17.0 Å². The van der Waals surface area contributed by atoms with E-state index in [-0.39, 0.29) is 18.0 Å². The first-order valence-corrected chi connectivity index (χ1v) is 8.41. The fourth-order valence-electron chi connectivity index (χ4n) is 2.31. The van der Waals surface area contributed by atoms with Crippen molar-refractivity contribution in [3.63, 3.8) is 0 Å². The Morgan fingerprint density at radius 3 is 2.84 bits per heavy atom. The van der Waals surface area contributed by atoms with E-state index in [0.717, 1.165) is 27.6 Å². The largest absolute Gasteiger partial charge is 0.497 e. The van der Waals surface area contributed by atoms with Crippen LogP contribution in [0.25, 0.3) is 10.6 Å². The smallest absolute Gasteiger partial charge is 0.311 e. The Morgan fingerprint density at radius 1 is 1.24 bits per heavy atom. The van der Waals surface area contributed by atoms with Crippen molar-refractivity contribution in [1.29, 1.82) is 0 Å². The normalized spacial score (nSPS) is 10.5. The molecule has 0 saturated carbocycles. The van der Waals surface area contributed by atoms with E-state index >= 15 is 0 Å². The zero-order chi connectivity index (χ0) is 17.8. The van der Waals surface area contributed by atoms with Crippen LogP contribution in [0.1, 0.15) is 11.3 Å². The number of rotatable bonds is 6. The highest BCUT2D eigenvalue weighted by Gasteiger charge is 2.16. The van der Waals surface area contributed by atoms with Crippen molar-refractivity contribution in [2.75, 3.05) is 7.11 Å². The molecule has 7 heteroatoms. The molecule has 0 fully saturated rings. The van der Waals surface area contributed by atoms with E-state index in [1.807, 2.05) is 29.6 Å². The van der Waals surface area contributed by atoms with Crippen LogP contribution in [0.15, 0.2) is 47.8 Å². The van der Waals surface area contributed by atoms with E-state index in [0.29, 0.717) is 0 Å². The topological polar surface area (TPSA) is 74.5 Å². The van der Waals surface area contributed by atoms with Gasteiger partial charge in [-0.2, -0.15) is 0 Å². The van der Waals surface area contributed by atoms with E-state index < -0.39 is 4.92 Å². The van der Waals surface area contributed by atoms with E-state index in [4.69, 9.17) is 9.47 Å². The van der Waals surface area contributed by atoms with Gasteiger partial charge < -0.3 is 9.47 Å². The molecule has 0 amide bonds. The standard InChI is InChI=1S/C18H16N2O4S/c1-12-6-7-17(16(8-12)20(21)22)24-10-14-11-25-18(19-14)13-4-3-5-15(9-13)23-2/h3-9,11H,10H2,1-2H3. The molecule has 3 aromatic rings. The van der Waals surface area contributed by atoms with Crippen LogP contribution >= 0.6 is 11.3 Å². The maximum absolute atomic E-state index is 11.1. The SMILES string of the molecule is COc1cccc(-c2nc(COc3ccc(C)cc3[N+](=O)[O-])cs2)c1. The summed E-state index contributed by atoms with van der Waals surface area (Å²) in [5.41, 5.74) is 2.45. The zero-order valence-corrected chi connectivity index (χ0v) is 14.6. The molecule has 128 valence electrons. The molecule has 3 rings (SSSR count). The van der Waals surface area contributed by atoms with Crippen LogP contribution in [0.5, 0.6) is 11.5 Å². The van der Waals surface area contributed by atoms with Gasteiger partial charge in [-0.15, -0.1) is 11.3 Å². The van der Waals surface area contributed by atoms with Crippen molar-refractivity contribution < 1.29 is 14.4 Å². The molecule has 0 bridgehead atoms. The Bertz CT molecular complexity index is 908. The van der Waals surface area contributed by atoms with Gasteiger partial charge in [-0.05, 0) is 30.7 Å². The van der Waals surface area contributed by atoms with E-state index in [1.165, 1.54) is 17.4 Å². The summed E-state index contributed by atoms with van der Waals surface area (Å²) in [6, 6.07) is 12.5. The van der Waals surface area contributed by atoms with Gasteiger partial charge in [-0.25, -0.2) is 4.98 Å². The van der Waals surface area contributed by atoms with Gasteiger partial charge in [-0.1, -0.05) is 18.2 Å². The number of hydrogen-bond acceptors (Lipinski definition) is 6. The van der Waals surface area contributed by atoms with Crippen molar-refractivity contribution in [3.8, 4) is 22.1 Å². The molecule has 0 radical (unpaired) electrons. The number of ether oxygens (including phenoxy) is 2. The van der Waals surface area contributed by atoms with Crippen molar-refractivity contribution in [2.24, 2.45) is 0 Å². The molecule has 0 aliphatic carbocycles. The first-order chi connectivity index (χ1) is 12.1. The third kappa shape index (κ3) is 3.95. The molecule has 1 heterocycles. The minimum Gasteiger partial charge on any atom is -0.497 e. The summed E-state index contributed by atoms with van der Waals surface area (Å²) in [7, 11) is 1.62. The molecule has 0 unspecified atom stereocenters. The quantitative estimate of drug-likeness (QED) is 0.476. The zero-order valence-electron chi connectivity index (χ0n) is 13.8. The number of nitro groups is 1. The van der Waals surface area contributed by atoms with Crippen LogP contribution in [0.2, 0.25) is 0 Å². The second kappa shape index (κ2) is 7.31. The number of nitro benzene ring substituents is 1. The van der Waals surface area contributed by atoms with Crippen molar-refractivity contribution in [2.45, 2.75) is 13.5 Å². The maximum atomic E-state index is 11.1. The average Bonchev–Trinajstić information content (AvgIpc) is 3.09. The summed E-state index contributed by atoms with van der Waals surface area (Å²) >= 11 is 1.49. The van der Waals surface area contributed by atoms with Gasteiger partial charge in [0.1, 0.15) is 17.4 Å². The second-order valence-electron chi connectivity index (χ2n) is 5.39. The monoisotopic (exact) mass is 356 g/mol. The first-order valence-electron chi connectivity index (χ1n) is 7.53. The minimum atomic E-state index is -0.439. The summed E-state index contributed by atoms with van der Waals surface area (Å²) in [4.78, 5) is 15.2. The molecular weight excluding hydrogens is 340 g/mol. The highest BCUT2D eigenvalue weighted by atomic mass is 32.1.